The standard InChI is InChI=1S/C12H17N5O/c1-4-17-10(5-6-14-17)7-13-12(18)11-8-16(3)15-9(11)2/h5-6,8H,4,7H2,1-3H3,(H,13,18). The molecule has 18 heavy (non-hydrogen) atoms. The first-order chi connectivity index (χ1) is 8.61. The molecule has 0 aromatic carbocycles. The Bertz CT molecular complexity index is 555. The van der Waals surface area contributed by atoms with Crippen molar-refractivity contribution >= 4 is 5.91 Å². The Labute approximate surface area is 106 Å². The molecule has 0 fully saturated rings. The number of nitrogens with one attached hydrogen (secondary N) is 1. The second-order valence-electron chi connectivity index (χ2n) is 4.12. The molecular weight excluding hydrogens is 230 g/mol. The highest BCUT2D eigenvalue weighted by molar-refractivity contribution is 5.94. The number of carbonyl (C=O) groups is 1. The van der Waals surface area contributed by atoms with E-state index in [-0.39, 0.29) is 5.91 Å². The van der Waals surface area contributed by atoms with Crippen molar-refractivity contribution in [2.24, 2.45) is 7.05 Å². The molecule has 0 aliphatic carbocycles. The number of hydrogen-bond donors (Lipinski definition) is 1. The fourth-order valence-corrected chi connectivity index (χ4v) is 1.88. The van der Waals surface area contributed by atoms with Gasteiger partial charge in [-0.1, -0.05) is 0 Å². The van der Waals surface area contributed by atoms with Crippen LogP contribution < -0.4 is 5.32 Å². The molecule has 0 unspecified atom stereocenters. The van der Waals surface area contributed by atoms with E-state index in [1.54, 1.807) is 24.1 Å². The summed E-state index contributed by atoms with van der Waals surface area (Å²) in [5.74, 6) is -0.107. The molecule has 2 aromatic rings. The van der Waals surface area contributed by atoms with Gasteiger partial charge in [-0.25, -0.2) is 0 Å². The molecule has 0 radical (unpaired) electrons. The summed E-state index contributed by atoms with van der Waals surface area (Å²) in [6, 6.07) is 1.90. The molecule has 2 heterocycles. The maximum atomic E-state index is 12.0. The number of rotatable bonds is 4. The van der Waals surface area contributed by atoms with Gasteiger partial charge in [-0.05, 0) is 19.9 Å². The third-order valence-corrected chi connectivity index (χ3v) is 2.79. The van der Waals surface area contributed by atoms with E-state index in [9.17, 15) is 4.79 Å². The minimum atomic E-state index is -0.107. The topological polar surface area (TPSA) is 64.7 Å². The van der Waals surface area contributed by atoms with Crippen LogP contribution in [-0.4, -0.2) is 25.5 Å². The zero-order valence-electron chi connectivity index (χ0n) is 10.8. The van der Waals surface area contributed by atoms with Crippen LogP contribution in [0.5, 0.6) is 0 Å². The van der Waals surface area contributed by atoms with Crippen molar-refractivity contribution in [2.75, 3.05) is 0 Å². The van der Waals surface area contributed by atoms with Gasteiger partial charge in [0.15, 0.2) is 0 Å². The Morgan fingerprint density at radius 1 is 1.50 bits per heavy atom. The van der Waals surface area contributed by atoms with Crippen molar-refractivity contribution in [1.82, 2.24) is 24.9 Å². The highest BCUT2D eigenvalue weighted by atomic mass is 16.1. The molecule has 0 atom stereocenters. The lowest BCUT2D eigenvalue weighted by molar-refractivity contribution is 0.0949. The summed E-state index contributed by atoms with van der Waals surface area (Å²) in [5, 5.41) is 11.2. The number of aromatic nitrogens is 4. The van der Waals surface area contributed by atoms with Gasteiger partial charge >= 0.3 is 0 Å². The molecule has 2 aromatic heterocycles. The van der Waals surface area contributed by atoms with Crippen molar-refractivity contribution in [1.29, 1.82) is 0 Å². The molecule has 1 N–H and O–H groups in total. The predicted octanol–water partition coefficient (Wildman–Crippen LogP) is 0.875. The summed E-state index contributed by atoms with van der Waals surface area (Å²) in [6.45, 7) is 5.11. The van der Waals surface area contributed by atoms with Crippen LogP contribution in [0, 0.1) is 6.92 Å². The molecule has 2 rings (SSSR count). The van der Waals surface area contributed by atoms with Gasteiger partial charge < -0.3 is 5.32 Å². The van der Waals surface area contributed by atoms with Crippen molar-refractivity contribution in [3.63, 3.8) is 0 Å². The largest absolute Gasteiger partial charge is 0.346 e. The third-order valence-electron chi connectivity index (χ3n) is 2.79. The van der Waals surface area contributed by atoms with Crippen LogP contribution >= 0.6 is 0 Å². The van der Waals surface area contributed by atoms with E-state index < -0.39 is 0 Å². The fraction of sp³-hybridized carbons (Fsp3) is 0.417. The second kappa shape index (κ2) is 5.03. The van der Waals surface area contributed by atoms with Crippen molar-refractivity contribution < 1.29 is 4.79 Å². The van der Waals surface area contributed by atoms with Crippen LogP contribution in [0.4, 0.5) is 0 Å². The first-order valence-corrected chi connectivity index (χ1v) is 5.91. The van der Waals surface area contributed by atoms with E-state index in [4.69, 9.17) is 0 Å². The highest BCUT2D eigenvalue weighted by Crippen LogP contribution is 2.05. The van der Waals surface area contributed by atoms with Crippen LogP contribution in [0.2, 0.25) is 0 Å². The summed E-state index contributed by atoms with van der Waals surface area (Å²) in [6.07, 6.45) is 3.46. The Morgan fingerprint density at radius 2 is 2.28 bits per heavy atom. The molecule has 96 valence electrons. The maximum Gasteiger partial charge on any atom is 0.255 e. The van der Waals surface area contributed by atoms with Crippen LogP contribution in [0.3, 0.4) is 0 Å². The Hall–Kier alpha value is -2.11. The lowest BCUT2D eigenvalue weighted by Gasteiger charge is -2.06. The molecule has 6 nitrogen and oxygen atoms in total. The minimum absolute atomic E-state index is 0.107. The van der Waals surface area contributed by atoms with Gasteiger partial charge in [0.05, 0.1) is 23.5 Å². The molecule has 0 aliphatic rings. The number of nitrogens with zero attached hydrogens (tertiary/aromatic N) is 4. The van der Waals surface area contributed by atoms with Crippen LogP contribution in [0.25, 0.3) is 0 Å². The van der Waals surface area contributed by atoms with Crippen molar-refractivity contribution in [3.8, 4) is 0 Å². The SMILES string of the molecule is CCn1nccc1CNC(=O)c1cn(C)nc1C. The molecular formula is C12H17N5O. The smallest absolute Gasteiger partial charge is 0.255 e. The number of carbonyl (C=O) groups excluding carboxylic acids is 1. The minimum Gasteiger partial charge on any atom is -0.346 e. The predicted molar refractivity (Wildman–Crippen MR) is 67.0 cm³/mol. The first kappa shape index (κ1) is 12.3. The fourth-order valence-electron chi connectivity index (χ4n) is 1.88. The average Bonchev–Trinajstić information content (AvgIpc) is 2.92. The van der Waals surface area contributed by atoms with Gasteiger partial charge in [0, 0.05) is 26.0 Å². The normalized spacial score (nSPS) is 10.6. The second-order valence-corrected chi connectivity index (χ2v) is 4.12. The van der Waals surface area contributed by atoms with Gasteiger partial charge in [0.1, 0.15) is 0 Å². The van der Waals surface area contributed by atoms with Gasteiger partial charge in [-0.15, -0.1) is 0 Å². The zero-order chi connectivity index (χ0) is 13.1. The molecule has 0 saturated heterocycles. The molecule has 6 heteroatoms. The van der Waals surface area contributed by atoms with E-state index in [0.29, 0.717) is 12.1 Å². The molecule has 0 saturated carbocycles. The molecule has 0 bridgehead atoms. The van der Waals surface area contributed by atoms with E-state index in [1.165, 1.54) is 0 Å². The number of amides is 1. The van der Waals surface area contributed by atoms with Gasteiger partial charge in [-0.2, -0.15) is 10.2 Å². The van der Waals surface area contributed by atoms with Crippen LogP contribution in [-0.2, 0) is 20.1 Å². The zero-order valence-corrected chi connectivity index (χ0v) is 10.8. The Kier molecular flexibility index (Phi) is 3.45. The summed E-state index contributed by atoms with van der Waals surface area (Å²) in [7, 11) is 1.80. The van der Waals surface area contributed by atoms with Crippen LogP contribution in [0.1, 0.15) is 28.7 Å². The number of aryl methyl sites for hydroxylation is 3. The summed E-state index contributed by atoms with van der Waals surface area (Å²) in [4.78, 5) is 12.0. The Balaban J connectivity index is 2.03. The monoisotopic (exact) mass is 247 g/mol. The number of hydrogen-bond acceptors (Lipinski definition) is 3. The summed E-state index contributed by atoms with van der Waals surface area (Å²) < 4.78 is 3.50. The van der Waals surface area contributed by atoms with E-state index in [0.717, 1.165) is 17.9 Å². The van der Waals surface area contributed by atoms with E-state index in [2.05, 4.69) is 15.5 Å². The lowest BCUT2D eigenvalue weighted by atomic mass is 10.2. The highest BCUT2D eigenvalue weighted by Gasteiger charge is 2.12. The first-order valence-electron chi connectivity index (χ1n) is 5.91. The van der Waals surface area contributed by atoms with Crippen molar-refractivity contribution in [3.05, 3.63) is 35.4 Å². The Morgan fingerprint density at radius 3 is 2.89 bits per heavy atom. The van der Waals surface area contributed by atoms with Crippen molar-refractivity contribution in [2.45, 2.75) is 26.9 Å². The molecule has 0 spiro atoms. The quantitative estimate of drug-likeness (QED) is 0.872. The van der Waals surface area contributed by atoms with Gasteiger partial charge in [-0.3, -0.25) is 14.2 Å². The summed E-state index contributed by atoms with van der Waals surface area (Å²) >= 11 is 0. The maximum absolute atomic E-state index is 12.0. The lowest BCUT2D eigenvalue weighted by Crippen LogP contribution is -2.24. The third kappa shape index (κ3) is 2.42. The summed E-state index contributed by atoms with van der Waals surface area (Å²) in [5.41, 5.74) is 2.34. The molecule has 0 aliphatic heterocycles. The van der Waals surface area contributed by atoms with Gasteiger partial charge in [0.2, 0.25) is 0 Å². The van der Waals surface area contributed by atoms with Gasteiger partial charge in [0.25, 0.3) is 5.91 Å². The average molecular weight is 247 g/mol. The van der Waals surface area contributed by atoms with E-state index >= 15 is 0 Å². The van der Waals surface area contributed by atoms with Crippen LogP contribution in [0.15, 0.2) is 18.5 Å². The van der Waals surface area contributed by atoms with E-state index in [1.807, 2.05) is 24.6 Å². The molecule has 1 amide bonds.